The van der Waals surface area contributed by atoms with E-state index in [1.807, 2.05) is 25.9 Å². The average Bonchev–Trinajstić information content (AvgIpc) is 1.83. The number of hydrogen-bond acceptors (Lipinski definition) is 2. The van der Waals surface area contributed by atoms with Crippen LogP contribution in [0.15, 0.2) is 17.1 Å². The summed E-state index contributed by atoms with van der Waals surface area (Å²) in [5.41, 5.74) is 0.00658. The van der Waals surface area contributed by atoms with Crippen LogP contribution < -0.4 is 0 Å². The molecule has 60 valence electrons. The zero-order valence-electron chi connectivity index (χ0n) is 6.92. The van der Waals surface area contributed by atoms with Gasteiger partial charge in [0.1, 0.15) is 0 Å². The molecular weight excluding hydrogens is 158 g/mol. The monoisotopic (exact) mass is 169 g/mol. The van der Waals surface area contributed by atoms with Crippen LogP contribution in [0.1, 0.15) is 20.8 Å². The zero-order valence-corrected chi connectivity index (χ0v) is 7.73. The summed E-state index contributed by atoms with van der Waals surface area (Å²) in [6.07, 6.45) is 3.19. The minimum absolute atomic E-state index is 0.00658. The molecule has 3 heteroatoms. The first-order valence-electron chi connectivity index (χ1n) is 3.27. The third-order valence-corrected chi connectivity index (χ3v) is 0.973. The molecule has 0 aliphatic carbocycles. The topological polar surface area (TPSA) is 29.4 Å². The Hall–Kier alpha value is -0.790. The Balaban J connectivity index is 4.15. The normalized spacial score (nSPS) is 11.2. The van der Waals surface area contributed by atoms with E-state index in [0.29, 0.717) is 0 Å². The van der Waals surface area contributed by atoms with Gasteiger partial charge in [-0.05, 0) is 17.6 Å². The Kier molecular flexibility index (Phi) is 3.86. The second-order valence-electron chi connectivity index (χ2n) is 3.24. The maximum absolute atomic E-state index is 10.7. The van der Waals surface area contributed by atoms with Gasteiger partial charge in [0.25, 0.3) is 5.91 Å². The maximum atomic E-state index is 10.7. The van der Waals surface area contributed by atoms with Crippen molar-refractivity contribution in [2.75, 3.05) is 0 Å². The summed E-state index contributed by atoms with van der Waals surface area (Å²) in [5, 5.41) is 2.01. The highest BCUT2D eigenvalue weighted by Gasteiger charge is 2.04. The van der Waals surface area contributed by atoms with E-state index in [9.17, 15) is 4.79 Å². The van der Waals surface area contributed by atoms with E-state index in [4.69, 9.17) is 0 Å². The number of nitrogens with zero attached hydrogens (tertiary/aromatic N) is 1. The lowest BCUT2D eigenvalue weighted by molar-refractivity contribution is -0.113. The van der Waals surface area contributed by atoms with Crippen molar-refractivity contribution in [1.29, 1.82) is 0 Å². The summed E-state index contributed by atoms with van der Waals surface area (Å²) in [7, 11) is 0. The molecule has 0 atom stereocenters. The smallest absolute Gasteiger partial charge is 0.267 e. The lowest BCUT2D eigenvalue weighted by Gasteiger charge is -2.09. The Labute approximate surface area is 72.0 Å². The number of amides is 1. The number of rotatable bonds is 1. The third-order valence-electron chi connectivity index (χ3n) is 0.882. The van der Waals surface area contributed by atoms with E-state index < -0.39 is 0 Å². The summed E-state index contributed by atoms with van der Waals surface area (Å²) < 4.78 is 0. The second kappa shape index (κ2) is 4.16. The summed E-state index contributed by atoms with van der Waals surface area (Å²) in [6, 6.07) is 0. The first-order valence-corrected chi connectivity index (χ1v) is 3.67. The van der Waals surface area contributed by atoms with Crippen molar-refractivity contribution in [1.82, 2.24) is 0 Å². The molecule has 0 bridgehead atoms. The number of aliphatic imine (C=N–C) groups is 1. The van der Waals surface area contributed by atoms with Crippen LogP contribution in [-0.2, 0) is 4.79 Å². The van der Waals surface area contributed by atoms with E-state index in [1.54, 1.807) is 6.08 Å². The highest BCUT2D eigenvalue weighted by Crippen LogP contribution is 2.14. The number of hydrogen-bond donors (Lipinski definition) is 0. The van der Waals surface area contributed by atoms with Crippen molar-refractivity contribution in [2.24, 2.45) is 10.4 Å². The Morgan fingerprint density at radius 2 is 2.09 bits per heavy atom. The molecule has 0 fully saturated rings. The van der Waals surface area contributed by atoms with Gasteiger partial charge < -0.3 is 0 Å². The molecule has 0 unspecified atom stereocenters. The van der Waals surface area contributed by atoms with Crippen LogP contribution >= 0.6 is 12.2 Å². The molecule has 0 aromatic rings. The fourth-order valence-corrected chi connectivity index (χ4v) is 0.494. The summed E-state index contributed by atoms with van der Waals surface area (Å²) in [4.78, 5) is 14.0. The minimum Gasteiger partial charge on any atom is -0.267 e. The molecule has 0 N–H and O–H groups in total. The highest BCUT2D eigenvalue weighted by atomic mass is 32.1. The van der Waals surface area contributed by atoms with Gasteiger partial charge in [-0.1, -0.05) is 26.8 Å². The Bertz CT molecular complexity index is 219. The van der Waals surface area contributed by atoms with Crippen molar-refractivity contribution in [3.63, 3.8) is 0 Å². The largest absolute Gasteiger partial charge is 0.278 e. The summed E-state index contributed by atoms with van der Waals surface area (Å²) >= 11 is 4.26. The molecule has 0 saturated carbocycles. The fraction of sp³-hybridized carbons (Fsp3) is 0.500. The molecular formula is C8H11NOS. The van der Waals surface area contributed by atoms with Gasteiger partial charge in [0, 0.05) is 6.08 Å². The predicted molar refractivity (Wildman–Crippen MR) is 48.6 cm³/mol. The molecule has 0 saturated heterocycles. The molecule has 2 nitrogen and oxygen atoms in total. The van der Waals surface area contributed by atoms with E-state index in [0.717, 1.165) is 0 Å². The van der Waals surface area contributed by atoms with Crippen LogP contribution in [0.2, 0.25) is 0 Å². The summed E-state index contributed by atoms with van der Waals surface area (Å²) in [6.45, 7) is 5.99. The van der Waals surface area contributed by atoms with Crippen molar-refractivity contribution in [3.8, 4) is 0 Å². The van der Waals surface area contributed by atoms with Gasteiger partial charge in [-0.25, -0.2) is 0 Å². The molecule has 0 heterocycles. The van der Waals surface area contributed by atoms with Crippen molar-refractivity contribution in [2.45, 2.75) is 20.8 Å². The molecule has 0 spiro atoms. The van der Waals surface area contributed by atoms with Crippen LogP contribution in [0.3, 0.4) is 0 Å². The number of thiocarbonyl (C=S) groups is 1. The molecule has 0 aromatic heterocycles. The van der Waals surface area contributed by atoms with E-state index in [2.05, 4.69) is 17.2 Å². The van der Waals surface area contributed by atoms with Crippen molar-refractivity contribution in [3.05, 3.63) is 12.2 Å². The molecule has 0 aliphatic heterocycles. The van der Waals surface area contributed by atoms with Gasteiger partial charge in [-0.15, -0.1) is 0 Å². The van der Waals surface area contributed by atoms with Crippen molar-refractivity contribution < 1.29 is 4.79 Å². The lowest BCUT2D eigenvalue weighted by Crippen LogP contribution is -2.00. The van der Waals surface area contributed by atoms with Gasteiger partial charge >= 0.3 is 0 Å². The fourth-order valence-electron chi connectivity index (χ4n) is 0.404. The standard InChI is InChI=1S/C8H11NOS/c1-8(2,3)5-4-7(10)9-6-11/h4-5H,1-3H3/b5-4+. The second-order valence-corrected chi connectivity index (χ2v) is 3.42. The molecule has 11 heavy (non-hydrogen) atoms. The van der Waals surface area contributed by atoms with Gasteiger partial charge in [0.05, 0.1) is 5.16 Å². The van der Waals surface area contributed by atoms with E-state index in [1.165, 1.54) is 6.08 Å². The van der Waals surface area contributed by atoms with E-state index in [-0.39, 0.29) is 11.3 Å². The highest BCUT2D eigenvalue weighted by molar-refractivity contribution is 7.78. The van der Waals surface area contributed by atoms with Crippen LogP contribution in [0.5, 0.6) is 0 Å². The minimum atomic E-state index is -0.352. The lowest BCUT2D eigenvalue weighted by atomic mass is 9.96. The molecule has 0 rings (SSSR count). The number of isothiocyanates is 1. The van der Waals surface area contributed by atoms with Crippen molar-refractivity contribution >= 4 is 23.3 Å². The first-order chi connectivity index (χ1) is 4.95. The molecule has 1 amide bonds. The maximum Gasteiger partial charge on any atom is 0.278 e. The first kappa shape index (κ1) is 10.2. The van der Waals surface area contributed by atoms with Gasteiger partial charge in [-0.3, -0.25) is 4.79 Å². The SMILES string of the molecule is CC(C)(C)/C=C/C(=O)N=C=S. The quantitative estimate of drug-likeness (QED) is 0.342. The summed E-state index contributed by atoms with van der Waals surface area (Å²) in [5.74, 6) is -0.352. The number of carbonyl (C=O) groups is 1. The Morgan fingerprint density at radius 3 is 2.45 bits per heavy atom. The Morgan fingerprint density at radius 1 is 1.55 bits per heavy atom. The van der Waals surface area contributed by atoms with Crippen LogP contribution in [-0.4, -0.2) is 11.1 Å². The van der Waals surface area contributed by atoms with Gasteiger partial charge in [0.2, 0.25) is 0 Å². The number of carbonyl (C=O) groups excluding carboxylic acids is 1. The van der Waals surface area contributed by atoms with Crippen LogP contribution in [0.25, 0.3) is 0 Å². The molecule has 0 radical (unpaired) electrons. The number of allylic oxidation sites excluding steroid dienone is 1. The third kappa shape index (κ3) is 7.10. The van der Waals surface area contributed by atoms with Gasteiger partial charge in [-0.2, -0.15) is 4.99 Å². The molecule has 0 aromatic carbocycles. The predicted octanol–water partition coefficient (Wildman–Crippen LogP) is 2.22. The van der Waals surface area contributed by atoms with Crippen LogP contribution in [0, 0.1) is 5.41 Å². The molecule has 0 aliphatic rings. The van der Waals surface area contributed by atoms with E-state index >= 15 is 0 Å². The van der Waals surface area contributed by atoms with Crippen LogP contribution in [0.4, 0.5) is 0 Å². The zero-order chi connectivity index (χ0) is 8.91. The van der Waals surface area contributed by atoms with Gasteiger partial charge in [0.15, 0.2) is 0 Å². The average molecular weight is 169 g/mol.